The third kappa shape index (κ3) is 8.75. The number of ether oxygens (including phenoxy) is 3. The van der Waals surface area contributed by atoms with E-state index in [4.69, 9.17) is 26.4 Å². The molecule has 7 heteroatoms. The Bertz CT molecular complexity index is 1020. The highest BCUT2D eigenvalue weighted by Gasteiger charge is 2.08. The van der Waals surface area contributed by atoms with E-state index in [1.54, 1.807) is 24.3 Å². The molecule has 0 heterocycles. The second-order valence-electron chi connectivity index (χ2n) is 7.52. The van der Waals surface area contributed by atoms with E-state index in [1.165, 1.54) is 0 Å². The molecule has 0 unspecified atom stereocenters. The van der Waals surface area contributed by atoms with Crippen LogP contribution < -0.4 is 24.8 Å². The fourth-order valence-corrected chi connectivity index (χ4v) is 3.26. The molecule has 0 saturated carbocycles. The van der Waals surface area contributed by atoms with E-state index in [-0.39, 0.29) is 11.0 Å². The van der Waals surface area contributed by atoms with E-state index in [9.17, 15) is 4.79 Å². The first kappa shape index (κ1) is 25.1. The molecule has 0 spiro atoms. The number of rotatable bonds is 12. The molecule has 0 bridgehead atoms. The van der Waals surface area contributed by atoms with Crippen molar-refractivity contribution in [3.8, 4) is 17.2 Å². The molecule has 178 valence electrons. The summed E-state index contributed by atoms with van der Waals surface area (Å²) in [6, 6.07) is 24.0. The molecule has 0 aliphatic heterocycles. The van der Waals surface area contributed by atoms with Gasteiger partial charge in [-0.2, -0.15) is 0 Å². The van der Waals surface area contributed by atoms with Crippen molar-refractivity contribution in [1.29, 1.82) is 0 Å². The summed E-state index contributed by atoms with van der Waals surface area (Å²) in [6.07, 6.45) is 3.32. The van der Waals surface area contributed by atoms with Gasteiger partial charge in [0, 0.05) is 11.3 Å². The summed E-state index contributed by atoms with van der Waals surface area (Å²) in [5.74, 6) is 2.00. The quantitative estimate of drug-likeness (QED) is 0.252. The molecule has 0 radical (unpaired) electrons. The van der Waals surface area contributed by atoms with E-state index < -0.39 is 0 Å². The lowest BCUT2D eigenvalue weighted by Gasteiger charge is -2.12. The molecule has 0 atom stereocenters. The van der Waals surface area contributed by atoms with E-state index >= 15 is 0 Å². The van der Waals surface area contributed by atoms with Crippen LogP contribution in [0.2, 0.25) is 0 Å². The van der Waals surface area contributed by atoms with Crippen molar-refractivity contribution in [2.24, 2.45) is 0 Å². The van der Waals surface area contributed by atoms with Gasteiger partial charge in [-0.1, -0.05) is 38.0 Å². The van der Waals surface area contributed by atoms with Crippen LogP contribution in [-0.4, -0.2) is 30.8 Å². The number of nitrogens with one attached hydrogen (secondary N) is 2. The first-order valence-corrected chi connectivity index (χ1v) is 11.8. The zero-order valence-electron chi connectivity index (χ0n) is 19.3. The molecule has 2 N–H and O–H groups in total. The molecule has 6 nitrogen and oxygen atoms in total. The van der Waals surface area contributed by atoms with Gasteiger partial charge < -0.3 is 19.5 Å². The number of unbranched alkanes of at least 4 members (excludes halogenated alkanes) is 2. The topological polar surface area (TPSA) is 68.8 Å². The molecule has 0 saturated heterocycles. The van der Waals surface area contributed by atoms with Gasteiger partial charge in [0.1, 0.15) is 30.5 Å². The highest BCUT2D eigenvalue weighted by atomic mass is 32.1. The van der Waals surface area contributed by atoms with Crippen LogP contribution in [0, 0.1) is 0 Å². The minimum atomic E-state index is -0.284. The van der Waals surface area contributed by atoms with Gasteiger partial charge in [-0.05, 0) is 79.3 Å². The standard InChI is InChI=1S/C27H30N2O4S/c1-2-3-7-18-31-24-14-10-21(11-15-24)26(30)29-27(34)28-22-12-16-25(17-13-22)33-20-19-32-23-8-5-4-6-9-23/h4-6,8-17H,2-3,7,18-20H2,1H3,(H2,28,29,30,34). The number of anilines is 1. The predicted octanol–water partition coefficient (Wildman–Crippen LogP) is 5.84. The average molecular weight is 479 g/mol. The smallest absolute Gasteiger partial charge is 0.257 e. The predicted molar refractivity (Wildman–Crippen MR) is 139 cm³/mol. The fraction of sp³-hybridized carbons (Fsp3) is 0.259. The molecule has 0 aromatic heterocycles. The van der Waals surface area contributed by atoms with Crippen LogP contribution in [0.4, 0.5) is 5.69 Å². The average Bonchev–Trinajstić information content (AvgIpc) is 2.86. The first-order valence-electron chi connectivity index (χ1n) is 11.4. The fourth-order valence-electron chi connectivity index (χ4n) is 3.05. The molecule has 1 amide bonds. The maximum absolute atomic E-state index is 12.4. The highest BCUT2D eigenvalue weighted by Crippen LogP contribution is 2.16. The first-order chi connectivity index (χ1) is 16.6. The largest absolute Gasteiger partial charge is 0.494 e. The number of thiocarbonyl (C=S) groups is 1. The van der Waals surface area contributed by atoms with Gasteiger partial charge in [-0.25, -0.2) is 0 Å². The number of hydrogen-bond donors (Lipinski definition) is 2. The summed E-state index contributed by atoms with van der Waals surface area (Å²) >= 11 is 5.27. The zero-order chi connectivity index (χ0) is 24.0. The van der Waals surface area contributed by atoms with Crippen LogP contribution in [0.15, 0.2) is 78.9 Å². The molecule has 34 heavy (non-hydrogen) atoms. The Kier molecular flexibility index (Phi) is 10.2. The van der Waals surface area contributed by atoms with Crippen LogP contribution in [-0.2, 0) is 0 Å². The summed E-state index contributed by atoms with van der Waals surface area (Å²) in [6.45, 7) is 3.71. The normalized spacial score (nSPS) is 10.3. The van der Waals surface area contributed by atoms with Crippen molar-refractivity contribution in [1.82, 2.24) is 5.32 Å². The molecule has 0 aliphatic carbocycles. The Morgan fingerprint density at radius 1 is 0.735 bits per heavy atom. The Labute approximate surface area is 206 Å². The molecule has 0 fully saturated rings. The third-order valence-corrected chi connectivity index (χ3v) is 5.04. The summed E-state index contributed by atoms with van der Waals surface area (Å²) in [5, 5.41) is 5.91. The van der Waals surface area contributed by atoms with Crippen LogP contribution in [0.25, 0.3) is 0 Å². The molecular formula is C27H30N2O4S. The lowest BCUT2D eigenvalue weighted by Crippen LogP contribution is -2.34. The summed E-state index contributed by atoms with van der Waals surface area (Å²) in [7, 11) is 0. The van der Waals surface area contributed by atoms with Crippen molar-refractivity contribution in [3.63, 3.8) is 0 Å². The minimum Gasteiger partial charge on any atom is -0.494 e. The maximum atomic E-state index is 12.4. The Morgan fingerprint density at radius 3 is 1.91 bits per heavy atom. The maximum Gasteiger partial charge on any atom is 0.257 e. The SMILES string of the molecule is CCCCCOc1ccc(C(=O)NC(=S)Nc2ccc(OCCOc3ccccc3)cc2)cc1. The monoisotopic (exact) mass is 478 g/mol. The van der Waals surface area contributed by atoms with Gasteiger partial charge in [0.05, 0.1) is 6.61 Å². The van der Waals surface area contributed by atoms with Gasteiger partial charge in [0.15, 0.2) is 5.11 Å². The lowest BCUT2D eigenvalue weighted by atomic mass is 10.2. The number of benzene rings is 3. The van der Waals surface area contributed by atoms with E-state index in [0.717, 1.165) is 36.4 Å². The number of carbonyl (C=O) groups is 1. The summed E-state index contributed by atoms with van der Waals surface area (Å²) in [5.41, 5.74) is 1.25. The molecule has 3 aromatic carbocycles. The van der Waals surface area contributed by atoms with Gasteiger partial charge >= 0.3 is 0 Å². The Morgan fingerprint density at radius 2 is 1.29 bits per heavy atom. The van der Waals surface area contributed by atoms with Crippen LogP contribution in [0.3, 0.4) is 0 Å². The van der Waals surface area contributed by atoms with Crippen molar-refractivity contribution in [3.05, 3.63) is 84.4 Å². The van der Waals surface area contributed by atoms with Crippen molar-refractivity contribution in [2.75, 3.05) is 25.1 Å². The number of para-hydroxylation sites is 1. The number of carbonyl (C=O) groups excluding carboxylic acids is 1. The van der Waals surface area contributed by atoms with Crippen LogP contribution >= 0.6 is 12.2 Å². The van der Waals surface area contributed by atoms with Crippen LogP contribution in [0.5, 0.6) is 17.2 Å². The molecule has 3 aromatic rings. The van der Waals surface area contributed by atoms with Gasteiger partial charge in [-0.3, -0.25) is 10.1 Å². The van der Waals surface area contributed by atoms with Gasteiger partial charge in [0.25, 0.3) is 5.91 Å². The van der Waals surface area contributed by atoms with Crippen molar-refractivity contribution in [2.45, 2.75) is 26.2 Å². The highest BCUT2D eigenvalue weighted by molar-refractivity contribution is 7.80. The molecular weight excluding hydrogens is 448 g/mol. The Hall–Kier alpha value is -3.58. The number of amides is 1. The summed E-state index contributed by atoms with van der Waals surface area (Å²) < 4.78 is 17.0. The van der Waals surface area contributed by atoms with E-state index in [2.05, 4.69) is 17.6 Å². The van der Waals surface area contributed by atoms with Gasteiger partial charge in [0.2, 0.25) is 0 Å². The second-order valence-corrected chi connectivity index (χ2v) is 7.93. The third-order valence-electron chi connectivity index (χ3n) is 4.84. The second kappa shape index (κ2) is 13.9. The summed E-state index contributed by atoms with van der Waals surface area (Å²) in [4.78, 5) is 12.4. The van der Waals surface area contributed by atoms with Crippen molar-refractivity contribution < 1.29 is 19.0 Å². The molecule has 3 rings (SSSR count). The number of hydrogen-bond acceptors (Lipinski definition) is 5. The lowest BCUT2D eigenvalue weighted by molar-refractivity contribution is 0.0977. The van der Waals surface area contributed by atoms with Crippen LogP contribution in [0.1, 0.15) is 36.5 Å². The van der Waals surface area contributed by atoms with Crippen molar-refractivity contribution >= 4 is 28.9 Å². The molecule has 0 aliphatic rings. The van der Waals surface area contributed by atoms with E-state index in [0.29, 0.717) is 31.1 Å². The van der Waals surface area contributed by atoms with E-state index in [1.807, 2.05) is 54.6 Å². The van der Waals surface area contributed by atoms with Gasteiger partial charge in [-0.15, -0.1) is 0 Å². The zero-order valence-corrected chi connectivity index (χ0v) is 20.1. The Balaban J connectivity index is 1.38. The minimum absolute atomic E-state index is 0.217.